The van der Waals surface area contributed by atoms with Crippen molar-refractivity contribution in [2.75, 3.05) is 5.32 Å². The van der Waals surface area contributed by atoms with Crippen LogP contribution in [0.3, 0.4) is 0 Å². The summed E-state index contributed by atoms with van der Waals surface area (Å²) in [4.78, 5) is 10.5. The van der Waals surface area contributed by atoms with Gasteiger partial charge in [-0.2, -0.15) is 26.3 Å². The standard InChI is InChI=1S/C9H4F6NO/c10-8(11,12)5-2-1-3-6(4-5)16-7(17)9(13,14)15/h2-4H,(H,16,17). The van der Waals surface area contributed by atoms with Gasteiger partial charge in [-0.05, 0) is 24.3 Å². The van der Waals surface area contributed by atoms with E-state index in [0.717, 1.165) is 6.07 Å². The second-order valence-corrected chi connectivity index (χ2v) is 2.96. The molecule has 0 heterocycles. The molecule has 1 rings (SSSR count). The van der Waals surface area contributed by atoms with Crippen molar-refractivity contribution in [1.82, 2.24) is 0 Å². The maximum atomic E-state index is 12.2. The van der Waals surface area contributed by atoms with Crippen LogP contribution in [0.5, 0.6) is 0 Å². The van der Waals surface area contributed by atoms with E-state index in [1.165, 1.54) is 5.32 Å². The SMILES string of the molecule is O=C(Nc1c[c]cc(C(F)(F)F)c1)C(F)(F)F. The molecular formula is C9H4F6NO. The highest BCUT2D eigenvalue weighted by Crippen LogP contribution is 2.30. The minimum Gasteiger partial charge on any atom is -0.318 e. The molecule has 0 atom stereocenters. The lowest BCUT2D eigenvalue weighted by Crippen LogP contribution is -2.30. The van der Waals surface area contributed by atoms with Crippen LogP contribution in [-0.2, 0) is 11.0 Å². The molecule has 0 saturated heterocycles. The Kier molecular flexibility index (Phi) is 3.35. The average molecular weight is 256 g/mol. The van der Waals surface area contributed by atoms with Crippen molar-refractivity contribution in [3.05, 3.63) is 29.8 Å². The van der Waals surface area contributed by atoms with Gasteiger partial charge in [0.2, 0.25) is 0 Å². The summed E-state index contributed by atoms with van der Waals surface area (Å²) in [6.07, 6.45) is -9.87. The van der Waals surface area contributed by atoms with E-state index in [0.29, 0.717) is 12.1 Å². The van der Waals surface area contributed by atoms with Gasteiger partial charge in [0.15, 0.2) is 0 Å². The summed E-state index contributed by atoms with van der Waals surface area (Å²) >= 11 is 0. The lowest BCUT2D eigenvalue weighted by molar-refractivity contribution is -0.167. The zero-order valence-electron chi connectivity index (χ0n) is 7.91. The van der Waals surface area contributed by atoms with Crippen LogP contribution in [0.2, 0.25) is 0 Å². The van der Waals surface area contributed by atoms with Gasteiger partial charge in [-0.25, -0.2) is 0 Å². The van der Waals surface area contributed by atoms with Crippen molar-refractivity contribution < 1.29 is 31.1 Å². The number of halogens is 6. The molecule has 1 amide bonds. The van der Waals surface area contributed by atoms with E-state index in [-0.39, 0.29) is 0 Å². The fourth-order valence-electron chi connectivity index (χ4n) is 0.910. The van der Waals surface area contributed by atoms with Gasteiger partial charge in [0, 0.05) is 5.69 Å². The molecule has 1 aromatic carbocycles. The number of rotatable bonds is 1. The average Bonchev–Trinajstić information content (AvgIpc) is 2.15. The third-order valence-corrected chi connectivity index (χ3v) is 1.63. The van der Waals surface area contributed by atoms with E-state index in [4.69, 9.17) is 0 Å². The molecular weight excluding hydrogens is 252 g/mol. The number of amides is 1. The van der Waals surface area contributed by atoms with Crippen molar-refractivity contribution >= 4 is 11.6 Å². The smallest absolute Gasteiger partial charge is 0.318 e. The van der Waals surface area contributed by atoms with Gasteiger partial charge >= 0.3 is 18.3 Å². The fraction of sp³-hybridized carbons (Fsp3) is 0.222. The molecule has 93 valence electrons. The first-order valence-electron chi connectivity index (χ1n) is 4.07. The highest BCUT2D eigenvalue weighted by atomic mass is 19.4. The molecule has 2 nitrogen and oxygen atoms in total. The molecule has 17 heavy (non-hydrogen) atoms. The molecule has 0 aliphatic carbocycles. The number of hydrogen-bond donors (Lipinski definition) is 1. The van der Waals surface area contributed by atoms with Crippen LogP contribution in [0.25, 0.3) is 0 Å². The van der Waals surface area contributed by atoms with Gasteiger partial charge in [0.05, 0.1) is 5.56 Å². The van der Waals surface area contributed by atoms with Gasteiger partial charge in [-0.3, -0.25) is 4.79 Å². The van der Waals surface area contributed by atoms with Crippen molar-refractivity contribution in [1.29, 1.82) is 0 Å². The Morgan fingerprint density at radius 3 is 2.18 bits per heavy atom. The molecule has 1 N–H and O–H groups in total. The Morgan fingerprint density at radius 1 is 1.12 bits per heavy atom. The van der Waals surface area contributed by atoms with Gasteiger partial charge in [-0.1, -0.05) is 0 Å². The highest BCUT2D eigenvalue weighted by Gasteiger charge is 2.39. The van der Waals surface area contributed by atoms with E-state index in [2.05, 4.69) is 0 Å². The quantitative estimate of drug-likeness (QED) is 0.769. The summed E-state index contributed by atoms with van der Waals surface area (Å²) in [5.74, 6) is -2.34. The molecule has 0 bridgehead atoms. The number of anilines is 1. The van der Waals surface area contributed by atoms with Crippen LogP contribution in [0, 0.1) is 6.07 Å². The minimum atomic E-state index is -5.16. The minimum absolute atomic E-state index is 0.389. The third kappa shape index (κ3) is 3.65. The zero-order chi connectivity index (χ0) is 13.3. The number of carbonyl (C=O) groups is 1. The van der Waals surface area contributed by atoms with E-state index >= 15 is 0 Å². The molecule has 0 saturated carbocycles. The maximum absolute atomic E-state index is 12.2. The maximum Gasteiger partial charge on any atom is 0.471 e. The Hall–Kier alpha value is -1.73. The first kappa shape index (κ1) is 13.3. The van der Waals surface area contributed by atoms with Crippen LogP contribution in [0.15, 0.2) is 18.2 Å². The number of hydrogen-bond acceptors (Lipinski definition) is 1. The summed E-state index contributed by atoms with van der Waals surface area (Å²) in [6.45, 7) is 0. The predicted octanol–water partition coefficient (Wildman–Crippen LogP) is 3.01. The second-order valence-electron chi connectivity index (χ2n) is 2.96. The van der Waals surface area contributed by atoms with Crippen molar-refractivity contribution in [2.24, 2.45) is 0 Å². The van der Waals surface area contributed by atoms with Crippen LogP contribution in [0.4, 0.5) is 32.0 Å². The number of benzene rings is 1. The Balaban J connectivity index is 2.91. The van der Waals surface area contributed by atoms with Crippen LogP contribution < -0.4 is 5.32 Å². The van der Waals surface area contributed by atoms with Gasteiger partial charge in [0.1, 0.15) is 0 Å². The predicted molar refractivity (Wildman–Crippen MR) is 45.0 cm³/mol. The van der Waals surface area contributed by atoms with E-state index in [1.807, 2.05) is 6.07 Å². The first-order chi connectivity index (χ1) is 7.60. The van der Waals surface area contributed by atoms with Gasteiger partial charge < -0.3 is 5.32 Å². The second kappa shape index (κ2) is 4.27. The molecule has 0 aromatic heterocycles. The monoisotopic (exact) mass is 256 g/mol. The largest absolute Gasteiger partial charge is 0.471 e. The molecule has 0 aliphatic rings. The Bertz CT molecular complexity index is 422. The van der Waals surface area contributed by atoms with E-state index in [1.54, 1.807) is 0 Å². The molecule has 0 aliphatic heterocycles. The molecule has 1 radical (unpaired) electrons. The van der Waals surface area contributed by atoms with Gasteiger partial charge in [-0.15, -0.1) is 0 Å². The summed E-state index contributed by atoms with van der Waals surface area (Å²) in [5, 5.41) is 1.30. The van der Waals surface area contributed by atoms with Gasteiger partial charge in [0.25, 0.3) is 0 Å². The highest BCUT2D eigenvalue weighted by molar-refractivity contribution is 5.94. The summed E-state index contributed by atoms with van der Waals surface area (Å²) < 4.78 is 72.0. The Morgan fingerprint density at radius 2 is 1.71 bits per heavy atom. The normalized spacial score (nSPS) is 12.4. The molecule has 8 heteroatoms. The van der Waals surface area contributed by atoms with Crippen LogP contribution >= 0.6 is 0 Å². The van der Waals surface area contributed by atoms with Crippen molar-refractivity contribution in [3.63, 3.8) is 0 Å². The third-order valence-electron chi connectivity index (χ3n) is 1.63. The molecule has 0 spiro atoms. The van der Waals surface area contributed by atoms with Crippen molar-refractivity contribution in [2.45, 2.75) is 12.4 Å². The summed E-state index contributed by atoms with van der Waals surface area (Å²) in [5.41, 5.74) is -1.82. The lowest BCUT2D eigenvalue weighted by Gasteiger charge is -2.10. The topological polar surface area (TPSA) is 29.1 Å². The fourth-order valence-corrected chi connectivity index (χ4v) is 0.910. The molecule has 0 unspecified atom stereocenters. The number of carbonyl (C=O) groups excluding carboxylic acids is 1. The summed E-state index contributed by atoms with van der Waals surface area (Å²) in [6, 6.07) is 3.74. The molecule has 0 fully saturated rings. The van der Waals surface area contributed by atoms with Crippen LogP contribution in [-0.4, -0.2) is 12.1 Å². The van der Waals surface area contributed by atoms with Crippen LogP contribution in [0.1, 0.15) is 5.56 Å². The lowest BCUT2D eigenvalue weighted by atomic mass is 10.2. The first-order valence-corrected chi connectivity index (χ1v) is 4.07. The van der Waals surface area contributed by atoms with Crippen molar-refractivity contribution in [3.8, 4) is 0 Å². The number of alkyl halides is 6. The molecule has 1 aromatic rings. The summed E-state index contributed by atoms with van der Waals surface area (Å²) in [7, 11) is 0. The van der Waals surface area contributed by atoms with E-state index < -0.39 is 29.5 Å². The van der Waals surface area contributed by atoms with E-state index in [9.17, 15) is 31.1 Å². The number of nitrogens with one attached hydrogen (secondary N) is 1. The Labute approximate surface area is 91.2 Å². The zero-order valence-corrected chi connectivity index (χ0v) is 7.91.